The maximum atomic E-state index is 13.1. The Morgan fingerprint density at radius 2 is 2.26 bits per heavy atom. The van der Waals surface area contributed by atoms with Crippen LogP contribution in [0, 0.1) is 5.82 Å². The maximum Gasteiger partial charge on any atom is 0.185 e. The largest absolute Gasteiger partial charge is 0.347 e. The van der Waals surface area contributed by atoms with E-state index in [1.807, 2.05) is 18.0 Å². The number of hydrogen-bond acceptors (Lipinski definition) is 4. The van der Waals surface area contributed by atoms with Gasteiger partial charge >= 0.3 is 0 Å². The van der Waals surface area contributed by atoms with Gasteiger partial charge in [-0.25, -0.2) is 9.37 Å². The van der Waals surface area contributed by atoms with Gasteiger partial charge in [0.25, 0.3) is 0 Å². The molecule has 2 aromatic rings. The molecule has 0 saturated heterocycles. The van der Waals surface area contributed by atoms with Crippen LogP contribution in [0.15, 0.2) is 29.6 Å². The second kappa shape index (κ2) is 6.63. The zero-order chi connectivity index (χ0) is 13.7. The van der Waals surface area contributed by atoms with Crippen LogP contribution in [0.2, 0.25) is 0 Å². The van der Waals surface area contributed by atoms with E-state index in [9.17, 15) is 4.39 Å². The summed E-state index contributed by atoms with van der Waals surface area (Å²) in [6.45, 7) is 4.46. The fourth-order valence-electron chi connectivity index (χ4n) is 1.78. The van der Waals surface area contributed by atoms with Gasteiger partial charge in [-0.05, 0) is 24.2 Å². The smallest absolute Gasteiger partial charge is 0.185 e. The molecule has 0 bridgehead atoms. The minimum atomic E-state index is -0.196. The predicted molar refractivity (Wildman–Crippen MR) is 78.0 cm³/mol. The number of anilines is 1. The van der Waals surface area contributed by atoms with Crippen molar-refractivity contribution in [2.24, 2.45) is 0 Å². The molecular formula is C14H18FN3S. The van der Waals surface area contributed by atoms with E-state index in [0.717, 1.165) is 29.5 Å². The molecule has 1 N–H and O–H groups in total. The summed E-state index contributed by atoms with van der Waals surface area (Å²) in [5.41, 5.74) is 2.00. The second-order valence-electron chi connectivity index (χ2n) is 4.39. The van der Waals surface area contributed by atoms with Gasteiger partial charge in [0.05, 0.1) is 5.69 Å². The van der Waals surface area contributed by atoms with E-state index in [4.69, 9.17) is 0 Å². The number of aromatic nitrogens is 1. The van der Waals surface area contributed by atoms with Gasteiger partial charge in [0.15, 0.2) is 5.13 Å². The first-order valence-electron chi connectivity index (χ1n) is 6.29. The Morgan fingerprint density at radius 1 is 1.42 bits per heavy atom. The molecule has 1 aromatic carbocycles. The Kier molecular flexibility index (Phi) is 4.87. The molecule has 0 spiro atoms. The second-order valence-corrected chi connectivity index (χ2v) is 5.22. The lowest BCUT2D eigenvalue weighted by molar-refractivity contribution is 0.625. The van der Waals surface area contributed by atoms with Crippen molar-refractivity contribution >= 4 is 16.5 Å². The van der Waals surface area contributed by atoms with Crippen molar-refractivity contribution in [1.29, 1.82) is 0 Å². The minimum absolute atomic E-state index is 0.196. The van der Waals surface area contributed by atoms with Crippen LogP contribution in [-0.4, -0.2) is 18.6 Å². The highest BCUT2D eigenvalue weighted by molar-refractivity contribution is 7.13. The van der Waals surface area contributed by atoms with Crippen molar-refractivity contribution in [3.63, 3.8) is 0 Å². The van der Waals surface area contributed by atoms with Gasteiger partial charge in [-0.3, -0.25) is 0 Å². The molecule has 102 valence electrons. The van der Waals surface area contributed by atoms with Crippen LogP contribution in [0.25, 0.3) is 0 Å². The van der Waals surface area contributed by atoms with Crippen LogP contribution in [0.1, 0.15) is 18.2 Å². The van der Waals surface area contributed by atoms with E-state index < -0.39 is 0 Å². The van der Waals surface area contributed by atoms with Gasteiger partial charge in [0, 0.05) is 25.5 Å². The minimum Gasteiger partial charge on any atom is -0.347 e. The number of benzene rings is 1. The average Bonchev–Trinajstić information content (AvgIpc) is 2.85. The van der Waals surface area contributed by atoms with E-state index in [-0.39, 0.29) is 5.82 Å². The van der Waals surface area contributed by atoms with E-state index in [0.29, 0.717) is 6.54 Å². The molecule has 2 rings (SSSR count). The van der Waals surface area contributed by atoms with Crippen LogP contribution in [0.3, 0.4) is 0 Å². The van der Waals surface area contributed by atoms with Gasteiger partial charge in [0.2, 0.25) is 0 Å². The third-order valence-electron chi connectivity index (χ3n) is 2.73. The van der Waals surface area contributed by atoms with Crippen LogP contribution in [0.4, 0.5) is 9.52 Å². The number of halogens is 1. The van der Waals surface area contributed by atoms with Crippen LogP contribution < -0.4 is 10.2 Å². The molecule has 0 aliphatic heterocycles. The van der Waals surface area contributed by atoms with Crippen molar-refractivity contribution in [1.82, 2.24) is 10.3 Å². The lowest BCUT2D eigenvalue weighted by atomic mass is 10.2. The normalized spacial score (nSPS) is 10.7. The van der Waals surface area contributed by atoms with Crippen molar-refractivity contribution in [3.8, 4) is 0 Å². The molecule has 0 aliphatic carbocycles. The van der Waals surface area contributed by atoms with Gasteiger partial charge in [-0.1, -0.05) is 19.1 Å². The summed E-state index contributed by atoms with van der Waals surface area (Å²) < 4.78 is 13.1. The standard InChI is InChI=1S/C14H18FN3S/c1-3-16-8-13-10-19-14(17-13)18(2)9-11-5-4-6-12(15)7-11/h4-7,10,16H,3,8-9H2,1-2H3. The Morgan fingerprint density at radius 3 is 3.00 bits per heavy atom. The lowest BCUT2D eigenvalue weighted by Gasteiger charge is -2.15. The molecule has 0 fully saturated rings. The van der Waals surface area contributed by atoms with Crippen molar-refractivity contribution in [3.05, 3.63) is 46.7 Å². The van der Waals surface area contributed by atoms with E-state index in [2.05, 4.69) is 22.6 Å². The molecule has 19 heavy (non-hydrogen) atoms. The van der Waals surface area contributed by atoms with Gasteiger partial charge in [-0.2, -0.15) is 0 Å². The molecule has 0 atom stereocenters. The number of thiazole rings is 1. The highest BCUT2D eigenvalue weighted by atomic mass is 32.1. The molecule has 0 radical (unpaired) electrons. The first-order valence-corrected chi connectivity index (χ1v) is 7.17. The van der Waals surface area contributed by atoms with E-state index in [1.165, 1.54) is 6.07 Å². The number of nitrogens with one attached hydrogen (secondary N) is 1. The third kappa shape index (κ3) is 4.01. The Labute approximate surface area is 117 Å². The third-order valence-corrected chi connectivity index (χ3v) is 3.73. The van der Waals surface area contributed by atoms with Gasteiger partial charge in [0.1, 0.15) is 5.82 Å². The number of rotatable bonds is 6. The summed E-state index contributed by atoms with van der Waals surface area (Å²) in [5, 5.41) is 6.26. The number of hydrogen-bond donors (Lipinski definition) is 1. The highest BCUT2D eigenvalue weighted by Crippen LogP contribution is 2.21. The van der Waals surface area contributed by atoms with Gasteiger partial charge in [-0.15, -0.1) is 11.3 Å². The first kappa shape index (κ1) is 14.0. The monoisotopic (exact) mass is 279 g/mol. The van der Waals surface area contributed by atoms with E-state index in [1.54, 1.807) is 23.5 Å². The fourth-order valence-corrected chi connectivity index (χ4v) is 2.57. The molecule has 1 aromatic heterocycles. The van der Waals surface area contributed by atoms with E-state index >= 15 is 0 Å². The highest BCUT2D eigenvalue weighted by Gasteiger charge is 2.07. The lowest BCUT2D eigenvalue weighted by Crippen LogP contribution is -2.17. The summed E-state index contributed by atoms with van der Waals surface area (Å²) in [6.07, 6.45) is 0. The SMILES string of the molecule is CCNCc1csc(N(C)Cc2cccc(F)c2)n1. The van der Waals surface area contributed by atoms with Gasteiger partial charge < -0.3 is 10.2 Å². The summed E-state index contributed by atoms with van der Waals surface area (Å²) in [5.74, 6) is -0.196. The molecule has 1 heterocycles. The van der Waals surface area contributed by atoms with Crippen molar-refractivity contribution in [2.75, 3.05) is 18.5 Å². The topological polar surface area (TPSA) is 28.2 Å². The zero-order valence-electron chi connectivity index (χ0n) is 11.2. The molecule has 0 amide bonds. The first-order chi connectivity index (χ1) is 9.19. The summed E-state index contributed by atoms with van der Waals surface area (Å²) >= 11 is 1.61. The van der Waals surface area contributed by atoms with Crippen LogP contribution >= 0.6 is 11.3 Å². The predicted octanol–water partition coefficient (Wildman–Crippen LogP) is 3.03. The molecular weight excluding hydrogens is 261 g/mol. The van der Waals surface area contributed by atoms with Crippen LogP contribution in [-0.2, 0) is 13.1 Å². The van der Waals surface area contributed by atoms with Crippen molar-refractivity contribution in [2.45, 2.75) is 20.0 Å². The molecule has 0 saturated carbocycles. The molecule has 3 nitrogen and oxygen atoms in total. The van der Waals surface area contributed by atoms with Crippen LogP contribution in [0.5, 0.6) is 0 Å². The Hall–Kier alpha value is -1.46. The summed E-state index contributed by atoms with van der Waals surface area (Å²) in [6, 6.07) is 6.68. The number of nitrogens with zero attached hydrogens (tertiary/aromatic N) is 2. The quantitative estimate of drug-likeness (QED) is 0.881. The average molecular weight is 279 g/mol. The summed E-state index contributed by atoms with van der Waals surface area (Å²) in [4.78, 5) is 6.59. The maximum absolute atomic E-state index is 13.1. The molecule has 5 heteroatoms. The molecule has 0 unspecified atom stereocenters. The zero-order valence-corrected chi connectivity index (χ0v) is 12.0. The van der Waals surface area contributed by atoms with Crippen molar-refractivity contribution < 1.29 is 4.39 Å². The Bertz CT molecular complexity index is 527. The Balaban J connectivity index is 1.99. The fraction of sp³-hybridized carbons (Fsp3) is 0.357. The summed E-state index contributed by atoms with van der Waals surface area (Å²) in [7, 11) is 1.97. The molecule has 0 aliphatic rings.